The molecule has 2 amide bonds. The number of amides is 2. The highest BCUT2D eigenvalue weighted by Crippen LogP contribution is 2.22. The van der Waals surface area contributed by atoms with Crippen molar-refractivity contribution in [3.05, 3.63) is 0 Å². The van der Waals surface area contributed by atoms with E-state index in [0.717, 1.165) is 25.9 Å². The summed E-state index contributed by atoms with van der Waals surface area (Å²) in [4.78, 5) is 26.9. The van der Waals surface area contributed by atoms with E-state index >= 15 is 0 Å². The van der Waals surface area contributed by atoms with Crippen molar-refractivity contribution >= 4 is 12.2 Å². The van der Waals surface area contributed by atoms with E-state index in [9.17, 15) is 9.59 Å². The zero-order valence-corrected chi connectivity index (χ0v) is 20.2. The van der Waals surface area contributed by atoms with Gasteiger partial charge in [0.25, 0.3) is 0 Å². The van der Waals surface area contributed by atoms with Crippen molar-refractivity contribution < 1.29 is 19.1 Å². The van der Waals surface area contributed by atoms with Gasteiger partial charge in [-0.2, -0.15) is 0 Å². The molecule has 4 N–H and O–H groups in total. The van der Waals surface area contributed by atoms with Gasteiger partial charge >= 0.3 is 12.2 Å². The molecule has 0 radical (unpaired) electrons. The Morgan fingerprint density at radius 3 is 1.23 bits per heavy atom. The van der Waals surface area contributed by atoms with Gasteiger partial charge in [-0.25, -0.2) is 9.59 Å². The van der Waals surface area contributed by atoms with E-state index < -0.39 is 11.2 Å². The number of rotatable bonds is 2. The minimum atomic E-state index is -0.425. The molecule has 8 heteroatoms. The van der Waals surface area contributed by atoms with E-state index in [1.165, 1.54) is 0 Å². The van der Waals surface area contributed by atoms with Gasteiger partial charge in [0.2, 0.25) is 0 Å². The summed E-state index contributed by atoms with van der Waals surface area (Å²) in [6.07, 6.45) is 1.55. The molecule has 0 aromatic rings. The quantitative estimate of drug-likeness (QED) is 0.699. The molecular weight excluding hydrogens is 384 g/mol. The zero-order chi connectivity index (χ0) is 23.3. The van der Waals surface area contributed by atoms with Gasteiger partial charge in [0.1, 0.15) is 11.2 Å². The van der Waals surface area contributed by atoms with Crippen LogP contribution < -0.4 is 11.5 Å². The number of likely N-dealkylation sites (tertiary alicyclic amines) is 2. The van der Waals surface area contributed by atoms with Crippen LogP contribution in [-0.2, 0) is 9.47 Å². The fourth-order valence-corrected chi connectivity index (χ4v) is 3.61. The molecule has 2 aliphatic heterocycles. The van der Waals surface area contributed by atoms with Crippen molar-refractivity contribution in [2.75, 3.05) is 26.2 Å². The Balaban J connectivity index is 0.000000300. The van der Waals surface area contributed by atoms with Gasteiger partial charge in [-0.05, 0) is 53.4 Å². The van der Waals surface area contributed by atoms with E-state index in [-0.39, 0.29) is 24.3 Å². The van der Waals surface area contributed by atoms with Gasteiger partial charge in [0.15, 0.2) is 0 Å². The maximum atomic E-state index is 11.7. The summed E-state index contributed by atoms with van der Waals surface area (Å²) in [5, 5.41) is 0. The Morgan fingerprint density at radius 1 is 0.733 bits per heavy atom. The normalized spacial score (nSPS) is 26.9. The number of carbonyl (C=O) groups is 2. The Labute approximate surface area is 182 Å². The summed E-state index contributed by atoms with van der Waals surface area (Å²) in [5.74, 6) is 0.829. The predicted molar refractivity (Wildman–Crippen MR) is 119 cm³/mol. The topological polar surface area (TPSA) is 111 Å². The van der Waals surface area contributed by atoms with E-state index in [0.29, 0.717) is 24.9 Å². The number of nitrogens with two attached hydrogens (primary N) is 2. The third kappa shape index (κ3) is 8.68. The summed E-state index contributed by atoms with van der Waals surface area (Å²) in [5.41, 5.74) is 11.0. The number of carbonyl (C=O) groups excluding carboxylic acids is 2. The first-order chi connectivity index (χ1) is 13.7. The number of hydrogen-bond donors (Lipinski definition) is 2. The number of hydrogen-bond acceptors (Lipinski definition) is 6. The number of ether oxygens (including phenoxy) is 2. The van der Waals surface area contributed by atoms with Crippen LogP contribution in [0.25, 0.3) is 0 Å². The van der Waals surface area contributed by atoms with Crippen molar-refractivity contribution in [2.24, 2.45) is 23.3 Å². The molecule has 0 unspecified atom stereocenters. The molecule has 2 saturated heterocycles. The van der Waals surface area contributed by atoms with Gasteiger partial charge in [-0.3, -0.25) is 0 Å². The lowest BCUT2D eigenvalue weighted by Crippen LogP contribution is -2.36. The Hall–Kier alpha value is -1.54. The molecule has 0 saturated carbocycles. The highest BCUT2D eigenvalue weighted by Gasteiger charge is 2.35. The summed E-state index contributed by atoms with van der Waals surface area (Å²) in [6, 6.07) is 0.199. The molecule has 176 valence electrons. The lowest BCUT2D eigenvalue weighted by atomic mass is 10.0. The van der Waals surface area contributed by atoms with Crippen LogP contribution in [0.2, 0.25) is 0 Å². The SMILES string of the molecule is CC[C@@H]1CN(C(=O)OC(C)(C)C)C[C@H]1N.CC[C@H]1CN(C(=O)OC(C)(C)C)C[C@@H]1N. The average Bonchev–Trinajstić information content (AvgIpc) is 3.15. The first kappa shape index (κ1) is 26.5. The fourth-order valence-electron chi connectivity index (χ4n) is 3.61. The second-order valence-electron chi connectivity index (χ2n) is 10.4. The molecule has 30 heavy (non-hydrogen) atoms. The number of nitrogens with zero attached hydrogens (tertiary/aromatic N) is 2. The second-order valence-corrected chi connectivity index (χ2v) is 10.4. The van der Waals surface area contributed by atoms with Crippen LogP contribution in [0.3, 0.4) is 0 Å². The minimum Gasteiger partial charge on any atom is -0.444 e. The van der Waals surface area contributed by atoms with Crippen LogP contribution in [0.4, 0.5) is 9.59 Å². The minimum absolute atomic E-state index is 0.0996. The monoisotopic (exact) mass is 428 g/mol. The molecule has 2 aliphatic rings. The van der Waals surface area contributed by atoms with Crippen molar-refractivity contribution in [1.82, 2.24) is 9.80 Å². The van der Waals surface area contributed by atoms with Crippen LogP contribution in [-0.4, -0.2) is 71.5 Å². The lowest BCUT2D eigenvalue weighted by molar-refractivity contribution is 0.0276. The molecule has 0 bridgehead atoms. The van der Waals surface area contributed by atoms with Crippen molar-refractivity contribution in [1.29, 1.82) is 0 Å². The van der Waals surface area contributed by atoms with Gasteiger partial charge in [-0.15, -0.1) is 0 Å². The van der Waals surface area contributed by atoms with Crippen LogP contribution in [0.5, 0.6) is 0 Å². The van der Waals surface area contributed by atoms with Crippen molar-refractivity contribution in [2.45, 2.75) is 91.5 Å². The maximum Gasteiger partial charge on any atom is 0.410 e. The first-order valence-electron chi connectivity index (χ1n) is 11.1. The van der Waals surface area contributed by atoms with Gasteiger partial charge in [0.05, 0.1) is 0 Å². The third-order valence-electron chi connectivity index (χ3n) is 5.34. The first-order valence-corrected chi connectivity index (χ1v) is 11.1. The second kappa shape index (κ2) is 10.7. The smallest absolute Gasteiger partial charge is 0.410 e. The lowest BCUT2D eigenvalue weighted by Gasteiger charge is -2.24. The summed E-state index contributed by atoms with van der Waals surface area (Å²) in [7, 11) is 0. The molecule has 0 aromatic heterocycles. The highest BCUT2D eigenvalue weighted by atomic mass is 16.6. The Bertz CT molecular complexity index is 520. The third-order valence-corrected chi connectivity index (χ3v) is 5.34. The summed E-state index contributed by atoms with van der Waals surface area (Å²) >= 11 is 0. The van der Waals surface area contributed by atoms with E-state index in [4.69, 9.17) is 20.9 Å². The standard InChI is InChI=1S/2C11H22N2O2/c2*1-5-8-6-13(7-9(8)12)10(14)15-11(2,3)4/h2*8-9H,5-7,12H2,1-4H3/t2*8-,9-/m10/s1. The highest BCUT2D eigenvalue weighted by molar-refractivity contribution is 5.69. The van der Waals surface area contributed by atoms with Gasteiger partial charge in [0, 0.05) is 38.3 Å². The van der Waals surface area contributed by atoms with Gasteiger partial charge < -0.3 is 30.7 Å². The van der Waals surface area contributed by atoms with Crippen molar-refractivity contribution in [3.8, 4) is 0 Å². The molecule has 8 nitrogen and oxygen atoms in total. The van der Waals surface area contributed by atoms with E-state index in [1.54, 1.807) is 9.80 Å². The van der Waals surface area contributed by atoms with E-state index in [1.807, 2.05) is 41.5 Å². The predicted octanol–water partition coefficient (Wildman–Crippen LogP) is 3.18. The van der Waals surface area contributed by atoms with Gasteiger partial charge in [-0.1, -0.05) is 26.7 Å². The molecular formula is C22H44N4O4. The summed E-state index contributed by atoms with van der Waals surface area (Å²) in [6.45, 7) is 18.1. The fraction of sp³-hybridized carbons (Fsp3) is 0.909. The molecule has 0 aliphatic carbocycles. The molecule has 4 atom stereocenters. The molecule has 2 fully saturated rings. The van der Waals surface area contributed by atoms with E-state index in [2.05, 4.69) is 13.8 Å². The average molecular weight is 429 g/mol. The molecule has 0 aromatic carbocycles. The van der Waals surface area contributed by atoms with Crippen LogP contribution >= 0.6 is 0 Å². The summed E-state index contributed by atoms with van der Waals surface area (Å²) < 4.78 is 10.6. The maximum absolute atomic E-state index is 11.7. The molecule has 2 heterocycles. The van der Waals surface area contributed by atoms with Crippen LogP contribution in [0.1, 0.15) is 68.2 Å². The van der Waals surface area contributed by atoms with Crippen molar-refractivity contribution in [3.63, 3.8) is 0 Å². The zero-order valence-electron chi connectivity index (χ0n) is 20.2. The molecule has 2 rings (SSSR count). The van der Waals surface area contributed by atoms with Crippen LogP contribution in [0.15, 0.2) is 0 Å². The Kier molecular flexibility index (Phi) is 9.42. The molecule has 0 spiro atoms. The van der Waals surface area contributed by atoms with Crippen LogP contribution in [0, 0.1) is 11.8 Å². The Morgan fingerprint density at radius 2 is 1.03 bits per heavy atom. The largest absolute Gasteiger partial charge is 0.444 e.